The molecular weight excluding hydrogens is 352 g/mol. The fraction of sp³-hybridized carbons (Fsp3) is 0.750. The van der Waals surface area contributed by atoms with Crippen LogP contribution in [0.4, 0.5) is 0 Å². The lowest BCUT2D eigenvalue weighted by Crippen LogP contribution is -2.52. The first kappa shape index (κ1) is 20.1. The van der Waals surface area contributed by atoms with Crippen molar-refractivity contribution in [2.75, 3.05) is 27.4 Å². The van der Waals surface area contributed by atoms with Gasteiger partial charge in [0.05, 0.1) is 2.74 Å². The maximum absolute atomic E-state index is 11.5. The van der Waals surface area contributed by atoms with E-state index in [2.05, 4.69) is 0 Å². The molecule has 26 heavy (non-hydrogen) atoms. The first-order chi connectivity index (χ1) is 13.1. The van der Waals surface area contributed by atoms with Crippen molar-refractivity contribution in [3.8, 4) is 0 Å². The third kappa shape index (κ3) is 9.33. The van der Waals surface area contributed by atoms with Crippen LogP contribution in [0.5, 0.6) is 0 Å². The minimum atomic E-state index is -1.27. The summed E-state index contributed by atoms with van der Waals surface area (Å²) in [5.41, 5.74) is 0. The molecule has 10 nitrogen and oxygen atoms in total. The first-order valence-electron chi connectivity index (χ1n) is 8.96. The highest BCUT2D eigenvalue weighted by Gasteiger charge is 2.40. The van der Waals surface area contributed by atoms with Crippen LogP contribution < -0.4 is 0 Å². The number of esters is 4. The van der Waals surface area contributed by atoms with Gasteiger partial charge in [0.25, 0.3) is 0 Å². The molecular formula is C16H26O10. The number of carbonyl (C=O) groups excluding carboxylic acids is 4. The van der Waals surface area contributed by atoms with Crippen LogP contribution in [-0.4, -0.2) is 75.7 Å². The molecule has 10 heteroatoms. The van der Waals surface area contributed by atoms with Crippen LogP contribution in [0.25, 0.3) is 0 Å². The second-order valence-electron chi connectivity index (χ2n) is 5.16. The Morgan fingerprint density at radius 3 is 1.27 bits per heavy atom. The van der Waals surface area contributed by atoms with Gasteiger partial charge in [-0.1, -0.05) is 0 Å². The number of methoxy groups -OCH3 is 2. The molecule has 0 amide bonds. The summed E-state index contributed by atoms with van der Waals surface area (Å²) < 4.78 is 45.2. The topological polar surface area (TPSA) is 124 Å². The molecule has 4 atom stereocenters. The van der Waals surface area contributed by atoms with E-state index in [4.69, 9.17) is 31.2 Å². The average Bonchev–Trinajstić information content (AvgIpc) is 2.58. The number of rotatable bonds is 11. The van der Waals surface area contributed by atoms with E-state index in [9.17, 15) is 19.2 Å². The second kappa shape index (κ2) is 12.2. The van der Waals surface area contributed by atoms with Crippen molar-refractivity contribution in [1.82, 2.24) is 0 Å². The Labute approximate surface area is 154 Å². The van der Waals surface area contributed by atoms with Crippen molar-refractivity contribution in [2.24, 2.45) is 0 Å². The van der Waals surface area contributed by atoms with Crippen LogP contribution in [0.2, 0.25) is 0 Å². The van der Waals surface area contributed by atoms with Crippen LogP contribution in [-0.2, 0) is 47.6 Å². The van der Waals surface area contributed by atoms with Gasteiger partial charge in [-0.25, -0.2) is 0 Å². The Morgan fingerprint density at radius 2 is 1.04 bits per heavy atom. The summed E-state index contributed by atoms with van der Waals surface area (Å²) >= 11 is 0. The Bertz CT molecular complexity index is 482. The summed E-state index contributed by atoms with van der Waals surface area (Å²) in [4.78, 5) is 45.2. The van der Waals surface area contributed by atoms with Crippen molar-refractivity contribution in [2.45, 2.75) is 52.1 Å². The molecule has 0 heterocycles. The van der Waals surface area contributed by atoms with Gasteiger partial charge in [-0.3, -0.25) is 19.2 Å². The Morgan fingerprint density at radius 1 is 0.692 bits per heavy atom. The van der Waals surface area contributed by atoms with Gasteiger partial charge in [-0.2, -0.15) is 0 Å². The molecule has 0 aromatic rings. The highest BCUT2D eigenvalue weighted by molar-refractivity contribution is 5.67. The summed E-state index contributed by atoms with van der Waals surface area (Å²) in [7, 11) is -1.22. The summed E-state index contributed by atoms with van der Waals surface area (Å²) in [6.45, 7) is 3.65. The zero-order valence-corrected chi connectivity index (χ0v) is 15.2. The maximum Gasteiger partial charge on any atom is 0.303 e. The molecule has 0 aliphatic carbocycles. The number of ether oxygens (including phenoxy) is 6. The average molecular weight is 380 g/mol. The molecule has 0 saturated carbocycles. The Kier molecular flexibility index (Phi) is 9.44. The van der Waals surface area contributed by atoms with Crippen LogP contribution in [0.3, 0.4) is 0 Å². The van der Waals surface area contributed by atoms with E-state index in [0.717, 1.165) is 27.7 Å². The molecule has 0 aromatic carbocycles. The van der Waals surface area contributed by atoms with Crippen LogP contribution in [0, 0.1) is 0 Å². The van der Waals surface area contributed by atoms with Crippen molar-refractivity contribution in [3.63, 3.8) is 0 Å². The summed E-state index contributed by atoms with van der Waals surface area (Å²) in [6, 6.07) is 0. The molecule has 0 aliphatic heterocycles. The van der Waals surface area contributed by atoms with Gasteiger partial charge in [0.2, 0.25) is 0 Å². The monoisotopic (exact) mass is 380 g/mol. The molecule has 0 radical (unpaired) electrons. The quantitative estimate of drug-likeness (QED) is 0.357. The standard InChI is InChI=1S/C16H26O10/c1-9(17)23-7-13(25-11(3)19)15(21-5)16(22-6)14(26-12(4)20)8-24-10(2)18/h13-16H,7-8H2,1-6H3/t13-,14+,15-,16-/m1/s1/i5D,6D. The minimum Gasteiger partial charge on any atom is -0.462 e. The van der Waals surface area contributed by atoms with Gasteiger partial charge in [0.15, 0.2) is 12.2 Å². The zero-order chi connectivity index (χ0) is 21.7. The lowest BCUT2D eigenvalue weighted by molar-refractivity contribution is -0.194. The highest BCUT2D eigenvalue weighted by Crippen LogP contribution is 2.18. The van der Waals surface area contributed by atoms with Gasteiger partial charge in [0, 0.05) is 41.9 Å². The zero-order valence-electron chi connectivity index (χ0n) is 17.2. The molecule has 0 spiro atoms. The summed E-state index contributed by atoms with van der Waals surface area (Å²) in [6.07, 6.45) is -5.02. The van der Waals surface area contributed by atoms with Crippen LogP contribution in [0.1, 0.15) is 30.4 Å². The van der Waals surface area contributed by atoms with Crippen molar-refractivity contribution in [1.29, 1.82) is 0 Å². The van der Waals surface area contributed by atoms with E-state index < -0.39 is 75.7 Å². The lowest BCUT2D eigenvalue weighted by atomic mass is 10.0. The smallest absolute Gasteiger partial charge is 0.303 e. The van der Waals surface area contributed by atoms with Crippen molar-refractivity contribution in [3.05, 3.63) is 0 Å². The Balaban J connectivity index is 5.81. The highest BCUT2D eigenvalue weighted by atomic mass is 16.6. The van der Waals surface area contributed by atoms with Gasteiger partial charge in [-0.05, 0) is 0 Å². The van der Waals surface area contributed by atoms with E-state index in [1.54, 1.807) is 0 Å². The van der Waals surface area contributed by atoms with Crippen LogP contribution >= 0.6 is 0 Å². The van der Waals surface area contributed by atoms with Crippen molar-refractivity contribution >= 4 is 23.9 Å². The molecule has 0 saturated heterocycles. The molecule has 0 rings (SSSR count). The van der Waals surface area contributed by atoms with E-state index in [1.807, 2.05) is 0 Å². The maximum atomic E-state index is 11.5. The third-order valence-electron chi connectivity index (χ3n) is 2.98. The first-order valence-corrected chi connectivity index (χ1v) is 7.55. The summed E-state index contributed by atoms with van der Waals surface area (Å²) in [5.74, 6) is -2.78. The molecule has 0 fully saturated rings. The normalized spacial score (nSPS) is 16.2. The van der Waals surface area contributed by atoms with Crippen LogP contribution in [0.15, 0.2) is 0 Å². The number of hydrogen-bond acceptors (Lipinski definition) is 10. The van der Waals surface area contributed by atoms with E-state index in [-0.39, 0.29) is 0 Å². The van der Waals surface area contributed by atoms with Gasteiger partial charge < -0.3 is 28.4 Å². The Hall–Kier alpha value is -2.20. The van der Waals surface area contributed by atoms with Gasteiger partial charge >= 0.3 is 23.9 Å². The number of hydrogen-bond donors (Lipinski definition) is 0. The fourth-order valence-electron chi connectivity index (χ4n) is 2.04. The molecule has 150 valence electrons. The predicted molar refractivity (Wildman–Crippen MR) is 86.0 cm³/mol. The van der Waals surface area contributed by atoms with Gasteiger partial charge in [-0.15, -0.1) is 0 Å². The SMILES string of the molecule is [2H]CO[C@@H]([C@H](OC[2H])[C@@H](COC(C)=O)OC(C)=O)[C@H](COC(C)=O)OC(C)=O. The van der Waals surface area contributed by atoms with E-state index in [1.165, 1.54) is 0 Å². The minimum absolute atomic E-state index is 0.433. The third-order valence-corrected chi connectivity index (χ3v) is 2.98. The molecule has 0 aromatic heterocycles. The molecule has 0 aliphatic rings. The lowest BCUT2D eigenvalue weighted by Gasteiger charge is -2.34. The largest absolute Gasteiger partial charge is 0.462 e. The summed E-state index contributed by atoms with van der Waals surface area (Å²) in [5, 5.41) is 0. The van der Waals surface area contributed by atoms with E-state index in [0.29, 0.717) is 0 Å². The van der Waals surface area contributed by atoms with E-state index >= 15 is 0 Å². The predicted octanol–water partition coefficient (Wildman–Crippen LogP) is 0.00600. The van der Waals surface area contributed by atoms with Crippen molar-refractivity contribution < 1.29 is 50.3 Å². The number of carbonyl (C=O) groups is 4. The molecule has 0 unspecified atom stereocenters. The molecule has 0 N–H and O–H groups in total. The van der Waals surface area contributed by atoms with Gasteiger partial charge in [0.1, 0.15) is 25.4 Å². The molecule has 0 bridgehead atoms. The second-order valence-corrected chi connectivity index (χ2v) is 5.16. The fourth-order valence-corrected chi connectivity index (χ4v) is 2.04.